The fourth-order valence-corrected chi connectivity index (χ4v) is 4.91. The van der Waals surface area contributed by atoms with E-state index in [1.165, 1.54) is 4.90 Å². The van der Waals surface area contributed by atoms with E-state index in [4.69, 9.17) is 9.47 Å². The van der Waals surface area contributed by atoms with Crippen LogP contribution in [0.5, 0.6) is 11.5 Å². The van der Waals surface area contributed by atoms with Crippen LogP contribution < -0.4 is 14.8 Å². The zero-order valence-electron chi connectivity index (χ0n) is 16.3. The lowest BCUT2D eigenvalue weighted by atomic mass is 10.0. The zero-order valence-corrected chi connectivity index (χ0v) is 17.1. The Balaban J connectivity index is 1.41. The predicted molar refractivity (Wildman–Crippen MR) is 112 cm³/mol. The van der Waals surface area contributed by atoms with E-state index in [0.29, 0.717) is 18.9 Å². The molecule has 3 aromatic rings. The molecule has 1 aromatic heterocycles. The fourth-order valence-electron chi connectivity index (χ4n) is 3.84. The van der Waals surface area contributed by atoms with E-state index in [9.17, 15) is 4.79 Å². The highest BCUT2D eigenvalue weighted by molar-refractivity contribution is 7.98. The summed E-state index contributed by atoms with van der Waals surface area (Å²) in [6.45, 7) is 3.06. The van der Waals surface area contributed by atoms with Crippen LogP contribution >= 0.6 is 11.8 Å². The molecular formula is C22H21N3O3S. The van der Waals surface area contributed by atoms with Crippen molar-refractivity contribution in [2.75, 3.05) is 13.2 Å². The highest BCUT2D eigenvalue weighted by Gasteiger charge is 2.28. The van der Waals surface area contributed by atoms with Crippen molar-refractivity contribution >= 4 is 17.7 Å². The molecule has 0 fully saturated rings. The SMILES string of the molecule is CC(NC(=O)c1nn(C)c2c1CSc1ccccc1-2)c1ccc2c(c1)OCCO2. The van der Waals surface area contributed by atoms with Gasteiger partial charge in [0, 0.05) is 28.8 Å². The first kappa shape index (κ1) is 18.1. The summed E-state index contributed by atoms with van der Waals surface area (Å²) >= 11 is 1.74. The van der Waals surface area contributed by atoms with Gasteiger partial charge in [-0.05, 0) is 30.7 Å². The molecule has 1 amide bonds. The van der Waals surface area contributed by atoms with Gasteiger partial charge in [0.15, 0.2) is 17.2 Å². The first-order valence-corrected chi connectivity index (χ1v) is 10.6. The van der Waals surface area contributed by atoms with Crippen LogP contribution in [-0.2, 0) is 12.8 Å². The molecule has 1 N–H and O–H groups in total. The normalized spacial score (nSPS) is 15.2. The van der Waals surface area contributed by atoms with Gasteiger partial charge in [-0.1, -0.05) is 24.3 Å². The van der Waals surface area contributed by atoms with Gasteiger partial charge in [0.2, 0.25) is 0 Å². The summed E-state index contributed by atoms with van der Waals surface area (Å²) in [4.78, 5) is 14.3. The van der Waals surface area contributed by atoms with E-state index < -0.39 is 0 Å². The Morgan fingerprint density at radius 1 is 1.17 bits per heavy atom. The Bertz CT molecular complexity index is 1110. The number of aromatic nitrogens is 2. The molecule has 0 saturated heterocycles. The molecule has 2 aliphatic rings. The molecule has 0 saturated carbocycles. The van der Waals surface area contributed by atoms with Crippen molar-refractivity contribution < 1.29 is 14.3 Å². The summed E-state index contributed by atoms with van der Waals surface area (Å²) in [5, 5.41) is 7.64. The summed E-state index contributed by atoms with van der Waals surface area (Å²) in [6.07, 6.45) is 0. The molecule has 3 heterocycles. The number of hydrogen-bond donors (Lipinski definition) is 1. The third kappa shape index (κ3) is 3.15. The van der Waals surface area contributed by atoms with Crippen molar-refractivity contribution in [1.29, 1.82) is 0 Å². The molecular weight excluding hydrogens is 386 g/mol. The number of rotatable bonds is 3. The zero-order chi connectivity index (χ0) is 20.0. The highest BCUT2D eigenvalue weighted by atomic mass is 32.2. The number of aryl methyl sites for hydroxylation is 1. The number of nitrogens with one attached hydrogen (secondary N) is 1. The number of carbonyl (C=O) groups is 1. The number of ether oxygens (including phenoxy) is 2. The maximum absolute atomic E-state index is 13.1. The number of fused-ring (bicyclic) bond motifs is 4. The van der Waals surface area contributed by atoms with Crippen molar-refractivity contribution in [3.8, 4) is 22.8 Å². The van der Waals surface area contributed by atoms with E-state index >= 15 is 0 Å². The summed E-state index contributed by atoms with van der Waals surface area (Å²) in [5.74, 6) is 2.04. The van der Waals surface area contributed by atoms with Crippen molar-refractivity contribution in [1.82, 2.24) is 15.1 Å². The molecule has 2 aliphatic heterocycles. The number of carbonyl (C=O) groups excluding carboxylic acids is 1. The molecule has 0 spiro atoms. The fraction of sp³-hybridized carbons (Fsp3) is 0.273. The average molecular weight is 407 g/mol. The molecule has 1 atom stereocenters. The standard InChI is InChI=1S/C22H21N3O3S/c1-13(14-7-8-17-18(11-14)28-10-9-27-17)23-22(26)20-16-12-29-19-6-4-3-5-15(19)21(16)25(2)24-20/h3-8,11,13H,9-10,12H2,1-2H3,(H,23,26). The second-order valence-corrected chi connectivity index (χ2v) is 8.20. The van der Waals surface area contributed by atoms with Gasteiger partial charge in [-0.2, -0.15) is 5.10 Å². The van der Waals surface area contributed by atoms with Crippen LogP contribution in [0.25, 0.3) is 11.3 Å². The number of amides is 1. The van der Waals surface area contributed by atoms with E-state index in [2.05, 4.69) is 22.5 Å². The van der Waals surface area contributed by atoms with Crippen molar-refractivity contribution in [2.45, 2.75) is 23.6 Å². The number of benzene rings is 2. The second kappa shape index (κ2) is 7.15. The topological polar surface area (TPSA) is 65.4 Å². The maximum atomic E-state index is 13.1. The summed E-state index contributed by atoms with van der Waals surface area (Å²) in [5.41, 5.74) is 4.60. The Morgan fingerprint density at radius 2 is 1.97 bits per heavy atom. The average Bonchev–Trinajstić information content (AvgIpc) is 3.10. The lowest BCUT2D eigenvalue weighted by Crippen LogP contribution is -2.28. The summed E-state index contributed by atoms with van der Waals surface area (Å²) in [7, 11) is 1.90. The lowest BCUT2D eigenvalue weighted by Gasteiger charge is -2.21. The number of thioether (sulfide) groups is 1. The lowest BCUT2D eigenvalue weighted by molar-refractivity contribution is 0.0933. The first-order chi connectivity index (χ1) is 14.1. The van der Waals surface area contributed by atoms with Gasteiger partial charge < -0.3 is 14.8 Å². The Hall–Kier alpha value is -2.93. The van der Waals surface area contributed by atoms with Crippen LogP contribution in [-0.4, -0.2) is 28.9 Å². The molecule has 148 valence electrons. The maximum Gasteiger partial charge on any atom is 0.272 e. The van der Waals surface area contributed by atoms with Gasteiger partial charge in [-0.25, -0.2) is 0 Å². The van der Waals surface area contributed by atoms with E-state index in [0.717, 1.165) is 39.6 Å². The molecule has 0 aliphatic carbocycles. The molecule has 29 heavy (non-hydrogen) atoms. The third-order valence-electron chi connectivity index (χ3n) is 5.29. The van der Waals surface area contributed by atoms with Crippen LogP contribution in [0.4, 0.5) is 0 Å². The van der Waals surface area contributed by atoms with Gasteiger partial charge in [0.25, 0.3) is 5.91 Å². The molecule has 6 nitrogen and oxygen atoms in total. The van der Waals surface area contributed by atoms with Gasteiger partial charge in [-0.15, -0.1) is 11.8 Å². The smallest absolute Gasteiger partial charge is 0.272 e. The molecule has 7 heteroatoms. The minimum Gasteiger partial charge on any atom is -0.486 e. The molecule has 2 aromatic carbocycles. The minimum atomic E-state index is -0.181. The Labute approximate surface area is 173 Å². The van der Waals surface area contributed by atoms with Crippen molar-refractivity contribution in [2.24, 2.45) is 7.05 Å². The first-order valence-electron chi connectivity index (χ1n) is 9.60. The van der Waals surface area contributed by atoms with E-state index in [1.807, 2.05) is 49.0 Å². The van der Waals surface area contributed by atoms with E-state index in [1.54, 1.807) is 11.8 Å². The monoisotopic (exact) mass is 407 g/mol. The van der Waals surface area contributed by atoms with Gasteiger partial charge in [-0.3, -0.25) is 9.48 Å². The number of nitrogens with zero attached hydrogens (tertiary/aromatic N) is 2. The molecule has 1 unspecified atom stereocenters. The minimum absolute atomic E-state index is 0.163. The Kier molecular flexibility index (Phi) is 4.47. The van der Waals surface area contributed by atoms with Crippen molar-refractivity contribution in [3.63, 3.8) is 0 Å². The van der Waals surface area contributed by atoms with Crippen LogP contribution in [0.2, 0.25) is 0 Å². The largest absolute Gasteiger partial charge is 0.486 e. The predicted octanol–water partition coefficient (Wildman–Crippen LogP) is 3.96. The van der Waals surface area contributed by atoms with Gasteiger partial charge in [0.1, 0.15) is 13.2 Å². The summed E-state index contributed by atoms with van der Waals surface area (Å²) < 4.78 is 13.1. The summed E-state index contributed by atoms with van der Waals surface area (Å²) in [6, 6.07) is 13.8. The van der Waals surface area contributed by atoms with Crippen molar-refractivity contribution in [3.05, 3.63) is 59.3 Å². The molecule has 0 bridgehead atoms. The van der Waals surface area contributed by atoms with Crippen LogP contribution in [0.1, 0.15) is 34.6 Å². The molecule has 0 radical (unpaired) electrons. The van der Waals surface area contributed by atoms with E-state index in [-0.39, 0.29) is 11.9 Å². The van der Waals surface area contributed by atoms with Crippen LogP contribution in [0, 0.1) is 0 Å². The van der Waals surface area contributed by atoms with Crippen LogP contribution in [0.15, 0.2) is 47.4 Å². The second-order valence-electron chi connectivity index (χ2n) is 7.18. The van der Waals surface area contributed by atoms with Crippen LogP contribution in [0.3, 0.4) is 0 Å². The quantitative estimate of drug-likeness (QED) is 0.712. The third-order valence-corrected chi connectivity index (χ3v) is 6.39. The Morgan fingerprint density at radius 3 is 2.83 bits per heavy atom. The number of hydrogen-bond acceptors (Lipinski definition) is 5. The van der Waals surface area contributed by atoms with Gasteiger partial charge in [0.05, 0.1) is 11.7 Å². The molecule has 5 rings (SSSR count). The van der Waals surface area contributed by atoms with Gasteiger partial charge >= 0.3 is 0 Å². The highest BCUT2D eigenvalue weighted by Crippen LogP contribution is 2.42.